The minimum atomic E-state index is -4.73. The first kappa shape index (κ1) is 33.8. The molecule has 3 rings (SSSR count). The van der Waals surface area contributed by atoms with Crippen LogP contribution in [0.3, 0.4) is 0 Å². The number of urea groups is 1. The van der Waals surface area contributed by atoms with Crippen LogP contribution in [-0.4, -0.2) is 33.0 Å². The Morgan fingerprint density at radius 2 is 1.49 bits per heavy atom. The number of ether oxygens (including phenoxy) is 1. The highest BCUT2D eigenvalue weighted by molar-refractivity contribution is 7.87. The molecule has 11 heteroatoms. The summed E-state index contributed by atoms with van der Waals surface area (Å²) in [6.07, 6.45) is -4.73. The Labute approximate surface area is 252 Å². The van der Waals surface area contributed by atoms with Crippen LogP contribution in [0.5, 0.6) is 11.5 Å². The van der Waals surface area contributed by atoms with E-state index < -0.39 is 26.8 Å². The summed E-state index contributed by atoms with van der Waals surface area (Å²) in [4.78, 5) is 14.7. The average Bonchev–Trinajstić information content (AvgIpc) is 2.92. The topological polar surface area (TPSA) is 84.9 Å². The third-order valence-corrected chi connectivity index (χ3v) is 7.96. The number of amides is 2. The Kier molecular flexibility index (Phi) is 10.8. The lowest BCUT2D eigenvalue weighted by molar-refractivity contribution is -0.137. The molecule has 0 radical (unpaired) electrons. The fourth-order valence-corrected chi connectivity index (χ4v) is 5.62. The number of alkyl halides is 3. The van der Waals surface area contributed by atoms with Gasteiger partial charge in [0.2, 0.25) is 0 Å². The summed E-state index contributed by atoms with van der Waals surface area (Å²) >= 11 is 0. The normalized spacial score (nSPS) is 12.1. The number of anilines is 1. The van der Waals surface area contributed by atoms with Gasteiger partial charge in [0.05, 0.1) is 12.7 Å². The van der Waals surface area contributed by atoms with Crippen molar-refractivity contribution in [3.63, 3.8) is 0 Å². The highest BCUT2D eigenvalue weighted by Gasteiger charge is 2.32. The lowest BCUT2D eigenvalue weighted by atomic mass is 9.93. The van der Waals surface area contributed by atoms with Crippen LogP contribution in [-0.2, 0) is 22.8 Å². The van der Waals surface area contributed by atoms with Gasteiger partial charge in [-0.05, 0) is 64.8 Å². The first-order valence-electron chi connectivity index (χ1n) is 14.0. The third kappa shape index (κ3) is 8.65. The zero-order valence-electron chi connectivity index (χ0n) is 25.5. The SMILES string of the molecule is COc1ccc(CN(CC(C)C)C(=O)Nc2c(C(C)C)cccc2C(C)C)cc1OS(=O)(=O)c1cccc(C(F)(F)F)c1. The van der Waals surface area contributed by atoms with Crippen molar-refractivity contribution in [3.05, 3.63) is 82.9 Å². The molecule has 3 aromatic carbocycles. The molecule has 0 spiro atoms. The maximum Gasteiger partial charge on any atom is 0.416 e. The Hall–Kier alpha value is -3.73. The molecule has 0 aliphatic carbocycles. The quantitative estimate of drug-likeness (QED) is 0.218. The molecule has 0 saturated heterocycles. The number of halogens is 3. The molecule has 1 N–H and O–H groups in total. The van der Waals surface area contributed by atoms with Gasteiger partial charge in [-0.3, -0.25) is 0 Å². The van der Waals surface area contributed by atoms with Crippen LogP contribution in [0.15, 0.2) is 65.6 Å². The number of rotatable bonds is 11. The minimum Gasteiger partial charge on any atom is -0.493 e. The van der Waals surface area contributed by atoms with Crippen LogP contribution in [0.2, 0.25) is 0 Å². The number of benzene rings is 3. The Morgan fingerprint density at radius 3 is 2.02 bits per heavy atom. The van der Waals surface area contributed by atoms with Gasteiger partial charge in [0.25, 0.3) is 0 Å². The van der Waals surface area contributed by atoms with Gasteiger partial charge in [-0.2, -0.15) is 21.6 Å². The van der Waals surface area contributed by atoms with Gasteiger partial charge in [0, 0.05) is 18.8 Å². The predicted octanol–water partition coefficient (Wildman–Crippen LogP) is 8.42. The van der Waals surface area contributed by atoms with E-state index in [1.807, 2.05) is 32.0 Å². The number of nitrogens with zero attached hydrogens (tertiary/aromatic N) is 1. The van der Waals surface area contributed by atoms with Crippen molar-refractivity contribution in [2.24, 2.45) is 5.92 Å². The number of hydrogen-bond donors (Lipinski definition) is 1. The van der Waals surface area contributed by atoms with Crippen LogP contribution < -0.4 is 14.2 Å². The van der Waals surface area contributed by atoms with Crippen molar-refractivity contribution in [3.8, 4) is 11.5 Å². The van der Waals surface area contributed by atoms with E-state index in [1.54, 1.807) is 11.0 Å². The second kappa shape index (κ2) is 13.7. The summed E-state index contributed by atoms with van der Waals surface area (Å²) < 4.78 is 76.1. The summed E-state index contributed by atoms with van der Waals surface area (Å²) in [5.41, 5.74) is 2.23. The minimum absolute atomic E-state index is 0.0617. The highest BCUT2D eigenvalue weighted by Crippen LogP contribution is 2.35. The zero-order chi connectivity index (χ0) is 32.1. The van der Waals surface area contributed by atoms with Crippen molar-refractivity contribution in [1.29, 1.82) is 0 Å². The molecular formula is C32H39F3N2O5S. The molecule has 0 aliphatic rings. The Bertz CT molecular complexity index is 1510. The highest BCUT2D eigenvalue weighted by atomic mass is 32.2. The van der Waals surface area contributed by atoms with Crippen LogP contribution in [0, 0.1) is 5.92 Å². The maximum absolute atomic E-state index is 13.7. The summed E-state index contributed by atoms with van der Waals surface area (Å²) in [6, 6.07) is 13.5. The van der Waals surface area contributed by atoms with Gasteiger partial charge in [-0.15, -0.1) is 0 Å². The van der Waals surface area contributed by atoms with Crippen molar-refractivity contribution in [2.45, 2.75) is 71.0 Å². The molecule has 2 amide bonds. The molecule has 0 unspecified atom stereocenters. The van der Waals surface area contributed by atoms with Gasteiger partial charge >= 0.3 is 22.3 Å². The van der Waals surface area contributed by atoms with Crippen LogP contribution in [0.25, 0.3) is 0 Å². The first-order chi connectivity index (χ1) is 20.0. The largest absolute Gasteiger partial charge is 0.493 e. The summed E-state index contributed by atoms with van der Waals surface area (Å²) in [7, 11) is -3.33. The van der Waals surface area contributed by atoms with Crippen molar-refractivity contribution in [1.82, 2.24) is 4.90 Å². The molecule has 7 nitrogen and oxygen atoms in total. The lowest BCUT2D eigenvalue weighted by Gasteiger charge is -2.28. The molecule has 0 fully saturated rings. The van der Waals surface area contributed by atoms with Crippen LogP contribution >= 0.6 is 0 Å². The van der Waals surface area contributed by atoms with E-state index in [0.717, 1.165) is 35.0 Å². The van der Waals surface area contributed by atoms with E-state index in [1.165, 1.54) is 19.2 Å². The number of carbonyl (C=O) groups is 1. The molecule has 0 bridgehead atoms. The fraction of sp³-hybridized carbons (Fsp3) is 0.406. The van der Waals surface area contributed by atoms with Crippen molar-refractivity contribution >= 4 is 21.8 Å². The summed E-state index contributed by atoms with van der Waals surface area (Å²) in [5.74, 6) is 0.312. The molecule has 234 valence electrons. The van der Waals surface area contributed by atoms with E-state index in [2.05, 4.69) is 33.0 Å². The monoisotopic (exact) mass is 620 g/mol. The molecule has 0 atom stereocenters. The number of methoxy groups -OCH3 is 1. The maximum atomic E-state index is 13.7. The number of para-hydroxylation sites is 1. The Balaban J connectivity index is 1.94. The number of nitrogens with one attached hydrogen (secondary N) is 1. The lowest BCUT2D eigenvalue weighted by Crippen LogP contribution is -2.37. The van der Waals surface area contributed by atoms with E-state index >= 15 is 0 Å². The first-order valence-corrected chi connectivity index (χ1v) is 15.4. The zero-order valence-corrected chi connectivity index (χ0v) is 26.3. The fourth-order valence-electron chi connectivity index (χ4n) is 4.64. The van der Waals surface area contributed by atoms with E-state index in [0.29, 0.717) is 18.2 Å². The van der Waals surface area contributed by atoms with Gasteiger partial charge in [0.15, 0.2) is 11.5 Å². The molecule has 3 aromatic rings. The average molecular weight is 621 g/mol. The second-order valence-electron chi connectivity index (χ2n) is 11.4. The molecular weight excluding hydrogens is 581 g/mol. The summed E-state index contributed by atoms with van der Waals surface area (Å²) in [5, 5.41) is 3.13. The van der Waals surface area contributed by atoms with E-state index in [4.69, 9.17) is 8.92 Å². The molecule has 0 aromatic heterocycles. The molecule has 43 heavy (non-hydrogen) atoms. The van der Waals surface area contributed by atoms with Crippen LogP contribution in [0.1, 0.15) is 75.6 Å². The molecule has 0 aliphatic heterocycles. The van der Waals surface area contributed by atoms with E-state index in [-0.39, 0.29) is 41.8 Å². The summed E-state index contributed by atoms with van der Waals surface area (Å²) in [6.45, 7) is 12.7. The van der Waals surface area contributed by atoms with Gasteiger partial charge < -0.3 is 19.1 Å². The standard InChI is InChI=1S/C32H39F3N2O5S/c1-20(2)18-37(31(38)36-30-26(21(3)4)12-9-13-27(30)22(5)6)19-23-14-15-28(41-7)29(16-23)42-43(39,40)25-11-8-10-24(17-25)32(33,34)35/h8-17,20-22H,18-19H2,1-7H3,(H,36,38). The van der Waals surface area contributed by atoms with Crippen molar-refractivity contribution in [2.75, 3.05) is 19.0 Å². The van der Waals surface area contributed by atoms with Gasteiger partial charge in [-0.25, -0.2) is 4.79 Å². The Morgan fingerprint density at radius 1 is 0.884 bits per heavy atom. The predicted molar refractivity (Wildman–Crippen MR) is 161 cm³/mol. The van der Waals surface area contributed by atoms with Crippen molar-refractivity contribution < 1.29 is 35.3 Å². The van der Waals surface area contributed by atoms with E-state index in [9.17, 15) is 26.4 Å². The molecule has 0 saturated carbocycles. The number of carbonyl (C=O) groups excluding carboxylic acids is 1. The third-order valence-electron chi connectivity index (χ3n) is 6.73. The van der Waals surface area contributed by atoms with Gasteiger partial charge in [0.1, 0.15) is 4.90 Å². The van der Waals surface area contributed by atoms with Gasteiger partial charge in [-0.1, -0.05) is 71.9 Å². The second-order valence-corrected chi connectivity index (χ2v) is 12.9. The number of hydrogen-bond acceptors (Lipinski definition) is 5. The smallest absolute Gasteiger partial charge is 0.416 e. The van der Waals surface area contributed by atoms with Crippen LogP contribution in [0.4, 0.5) is 23.7 Å². The molecule has 0 heterocycles.